The van der Waals surface area contributed by atoms with Crippen molar-refractivity contribution >= 4 is 5.91 Å². The van der Waals surface area contributed by atoms with Gasteiger partial charge >= 0.3 is 0 Å². The fraction of sp³-hybridized carbons (Fsp3) is 0.417. The molecule has 0 heterocycles. The van der Waals surface area contributed by atoms with Gasteiger partial charge in [-0.1, -0.05) is 12.1 Å². The summed E-state index contributed by atoms with van der Waals surface area (Å²) in [5, 5.41) is 2.76. The van der Waals surface area contributed by atoms with E-state index in [4.69, 9.17) is 9.47 Å². The number of nitrogens with one attached hydrogen (secondary N) is 1. The van der Waals surface area contributed by atoms with Crippen molar-refractivity contribution in [3.63, 3.8) is 0 Å². The predicted molar refractivity (Wildman–Crippen MR) is 61.9 cm³/mol. The number of benzene rings is 1. The third-order valence-electron chi connectivity index (χ3n) is 2.25. The molecule has 0 aliphatic rings. The number of carbonyl (C=O) groups is 1. The summed E-state index contributed by atoms with van der Waals surface area (Å²) in [5.41, 5.74) is 1.50. The molecule has 1 N–H and O–H groups in total. The second kappa shape index (κ2) is 6.12. The number of rotatable bonds is 5. The Labute approximate surface area is 95.6 Å². The topological polar surface area (TPSA) is 47.6 Å². The summed E-state index contributed by atoms with van der Waals surface area (Å²) in [6.07, 6.45) is 0. The lowest BCUT2D eigenvalue weighted by Crippen LogP contribution is -2.27. The molecule has 0 aliphatic carbocycles. The van der Waals surface area contributed by atoms with Gasteiger partial charge in [0.25, 0.3) is 5.91 Å². The van der Waals surface area contributed by atoms with Crippen LogP contribution in [0.25, 0.3) is 0 Å². The van der Waals surface area contributed by atoms with E-state index in [2.05, 4.69) is 5.32 Å². The van der Waals surface area contributed by atoms with E-state index in [1.807, 2.05) is 19.1 Å². The van der Waals surface area contributed by atoms with Gasteiger partial charge in [0.05, 0.1) is 19.3 Å². The molecule has 1 aromatic rings. The van der Waals surface area contributed by atoms with E-state index in [1.54, 1.807) is 20.3 Å². The quantitative estimate of drug-likeness (QED) is 0.767. The van der Waals surface area contributed by atoms with Gasteiger partial charge in [-0.05, 0) is 18.6 Å². The highest BCUT2D eigenvalue weighted by Crippen LogP contribution is 2.22. The zero-order valence-electron chi connectivity index (χ0n) is 9.87. The SMILES string of the molecule is COCCNC(=O)c1cccc(C)c1OC. The third kappa shape index (κ3) is 2.97. The Bertz CT molecular complexity index is 363. The number of hydrogen-bond acceptors (Lipinski definition) is 3. The normalized spacial score (nSPS) is 9.94. The second-order valence-electron chi connectivity index (χ2n) is 3.40. The predicted octanol–water partition coefficient (Wildman–Crippen LogP) is 1.38. The number of methoxy groups -OCH3 is 2. The first-order chi connectivity index (χ1) is 7.70. The van der Waals surface area contributed by atoms with Crippen LogP contribution < -0.4 is 10.1 Å². The Morgan fingerprint density at radius 1 is 1.38 bits per heavy atom. The smallest absolute Gasteiger partial charge is 0.255 e. The fourth-order valence-electron chi connectivity index (χ4n) is 1.46. The number of hydrogen-bond donors (Lipinski definition) is 1. The molecule has 0 saturated carbocycles. The van der Waals surface area contributed by atoms with Gasteiger partial charge in [0.2, 0.25) is 0 Å². The summed E-state index contributed by atoms with van der Waals surface area (Å²) in [6, 6.07) is 5.49. The van der Waals surface area contributed by atoms with E-state index >= 15 is 0 Å². The van der Waals surface area contributed by atoms with Crippen LogP contribution in [-0.4, -0.2) is 33.3 Å². The molecule has 4 nitrogen and oxygen atoms in total. The van der Waals surface area contributed by atoms with Crippen LogP contribution in [0.3, 0.4) is 0 Å². The first-order valence-corrected chi connectivity index (χ1v) is 5.11. The standard InChI is InChI=1S/C12H17NO3/c1-9-5-4-6-10(11(9)16-3)12(14)13-7-8-15-2/h4-6H,7-8H2,1-3H3,(H,13,14). The Morgan fingerprint density at radius 3 is 2.75 bits per heavy atom. The molecule has 0 atom stereocenters. The van der Waals surface area contributed by atoms with E-state index < -0.39 is 0 Å². The fourth-order valence-corrected chi connectivity index (χ4v) is 1.46. The van der Waals surface area contributed by atoms with Gasteiger partial charge in [0.15, 0.2) is 0 Å². The van der Waals surface area contributed by atoms with Crippen molar-refractivity contribution in [1.29, 1.82) is 0 Å². The van der Waals surface area contributed by atoms with Gasteiger partial charge in [-0.3, -0.25) is 4.79 Å². The largest absolute Gasteiger partial charge is 0.496 e. The lowest BCUT2D eigenvalue weighted by molar-refractivity contribution is 0.0934. The summed E-state index contributed by atoms with van der Waals surface area (Å²) < 4.78 is 10.1. The highest BCUT2D eigenvalue weighted by Gasteiger charge is 2.12. The average molecular weight is 223 g/mol. The maximum Gasteiger partial charge on any atom is 0.255 e. The number of amides is 1. The molecule has 1 rings (SSSR count). The Morgan fingerprint density at radius 2 is 2.12 bits per heavy atom. The van der Waals surface area contributed by atoms with E-state index in [-0.39, 0.29) is 5.91 Å². The third-order valence-corrected chi connectivity index (χ3v) is 2.25. The monoisotopic (exact) mass is 223 g/mol. The van der Waals surface area contributed by atoms with Crippen LogP contribution in [-0.2, 0) is 4.74 Å². The molecule has 16 heavy (non-hydrogen) atoms. The van der Waals surface area contributed by atoms with Crippen molar-refractivity contribution in [2.45, 2.75) is 6.92 Å². The zero-order chi connectivity index (χ0) is 12.0. The van der Waals surface area contributed by atoms with Crippen molar-refractivity contribution in [2.75, 3.05) is 27.4 Å². The number of carbonyl (C=O) groups excluding carboxylic acids is 1. The van der Waals surface area contributed by atoms with Crippen molar-refractivity contribution in [1.82, 2.24) is 5.32 Å². The highest BCUT2D eigenvalue weighted by atomic mass is 16.5. The zero-order valence-corrected chi connectivity index (χ0v) is 9.87. The van der Waals surface area contributed by atoms with Crippen LogP contribution in [0.4, 0.5) is 0 Å². The van der Waals surface area contributed by atoms with E-state index in [1.165, 1.54) is 0 Å². The molecular weight excluding hydrogens is 206 g/mol. The number of ether oxygens (including phenoxy) is 2. The second-order valence-corrected chi connectivity index (χ2v) is 3.40. The molecule has 0 fully saturated rings. The lowest BCUT2D eigenvalue weighted by atomic mass is 10.1. The summed E-state index contributed by atoms with van der Waals surface area (Å²) in [6.45, 7) is 2.90. The van der Waals surface area contributed by atoms with Gasteiger partial charge in [-0.2, -0.15) is 0 Å². The molecule has 1 aromatic carbocycles. The van der Waals surface area contributed by atoms with Gasteiger partial charge in [0, 0.05) is 13.7 Å². The molecule has 4 heteroatoms. The summed E-state index contributed by atoms with van der Waals surface area (Å²) in [4.78, 5) is 11.8. The molecule has 1 amide bonds. The Hall–Kier alpha value is -1.55. The van der Waals surface area contributed by atoms with Crippen LogP contribution in [0.15, 0.2) is 18.2 Å². The van der Waals surface area contributed by atoms with Crippen LogP contribution in [0, 0.1) is 6.92 Å². The summed E-state index contributed by atoms with van der Waals surface area (Å²) >= 11 is 0. The molecule has 0 unspecified atom stereocenters. The van der Waals surface area contributed by atoms with Crippen molar-refractivity contribution in [3.05, 3.63) is 29.3 Å². The van der Waals surface area contributed by atoms with E-state index in [0.29, 0.717) is 24.5 Å². The maximum atomic E-state index is 11.8. The van der Waals surface area contributed by atoms with Crippen LogP contribution >= 0.6 is 0 Å². The van der Waals surface area contributed by atoms with Gasteiger partial charge in [0.1, 0.15) is 5.75 Å². The van der Waals surface area contributed by atoms with Crippen LogP contribution in [0.1, 0.15) is 15.9 Å². The first kappa shape index (κ1) is 12.5. The first-order valence-electron chi connectivity index (χ1n) is 5.11. The highest BCUT2D eigenvalue weighted by molar-refractivity contribution is 5.97. The van der Waals surface area contributed by atoms with Crippen molar-refractivity contribution in [2.24, 2.45) is 0 Å². The summed E-state index contributed by atoms with van der Waals surface area (Å²) in [7, 11) is 3.16. The van der Waals surface area contributed by atoms with Crippen molar-refractivity contribution < 1.29 is 14.3 Å². The molecule has 0 bridgehead atoms. The van der Waals surface area contributed by atoms with E-state index in [0.717, 1.165) is 5.56 Å². The minimum atomic E-state index is -0.141. The van der Waals surface area contributed by atoms with Gasteiger partial charge < -0.3 is 14.8 Å². The van der Waals surface area contributed by atoms with Crippen LogP contribution in [0.2, 0.25) is 0 Å². The maximum absolute atomic E-state index is 11.8. The Balaban J connectivity index is 2.78. The molecule has 0 radical (unpaired) electrons. The number of aryl methyl sites for hydroxylation is 1. The van der Waals surface area contributed by atoms with Gasteiger partial charge in [-0.15, -0.1) is 0 Å². The molecule has 0 saturated heterocycles. The van der Waals surface area contributed by atoms with Gasteiger partial charge in [-0.25, -0.2) is 0 Å². The number of para-hydroxylation sites is 1. The average Bonchev–Trinajstić information content (AvgIpc) is 2.29. The van der Waals surface area contributed by atoms with Crippen molar-refractivity contribution in [3.8, 4) is 5.75 Å². The summed E-state index contributed by atoms with van der Waals surface area (Å²) in [5.74, 6) is 0.481. The molecule has 0 aliphatic heterocycles. The van der Waals surface area contributed by atoms with Crippen LogP contribution in [0.5, 0.6) is 5.75 Å². The minimum absolute atomic E-state index is 0.141. The Kier molecular flexibility index (Phi) is 4.79. The molecular formula is C12H17NO3. The molecule has 88 valence electrons. The molecule has 0 aromatic heterocycles. The minimum Gasteiger partial charge on any atom is -0.496 e. The van der Waals surface area contributed by atoms with E-state index in [9.17, 15) is 4.79 Å². The molecule has 0 spiro atoms. The lowest BCUT2D eigenvalue weighted by Gasteiger charge is -2.11.